The highest BCUT2D eigenvalue weighted by Crippen LogP contribution is 2.22. The Balaban J connectivity index is 2.03. The van der Waals surface area contributed by atoms with E-state index in [0.717, 1.165) is 16.9 Å². The van der Waals surface area contributed by atoms with Crippen LogP contribution in [-0.2, 0) is 0 Å². The van der Waals surface area contributed by atoms with Crippen LogP contribution in [-0.4, -0.2) is 15.0 Å². The third kappa shape index (κ3) is 2.23. The maximum atomic E-state index is 8.40. The monoisotopic (exact) mass is 262 g/mol. The molecule has 3 aromatic rings. The van der Waals surface area contributed by atoms with Crippen LogP contribution in [0.5, 0.6) is 0 Å². The van der Waals surface area contributed by atoms with Gasteiger partial charge in [0.2, 0.25) is 0 Å². The van der Waals surface area contributed by atoms with Gasteiger partial charge in [0.05, 0.1) is 17.6 Å². The van der Waals surface area contributed by atoms with Gasteiger partial charge in [0.25, 0.3) is 0 Å². The van der Waals surface area contributed by atoms with Crippen molar-refractivity contribution in [2.45, 2.75) is 0 Å². The first-order valence-electron chi connectivity index (χ1n) is 6.00. The van der Waals surface area contributed by atoms with Crippen molar-refractivity contribution in [2.24, 2.45) is 5.11 Å². The lowest BCUT2D eigenvalue weighted by atomic mass is 10.1. The Morgan fingerprint density at radius 3 is 2.45 bits per heavy atom. The molecule has 96 valence electrons. The molecular weight excluding hydrogens is 252 g/mol. The third-order valence-electron chi connectivity index (χ3n) is 2.87. The number of rotatable bonds is 3. The molecule has 2 aromatic carbocycles. The fourth-order valence-corrected chi connectivity index (χ4v) is 1.94. The predicted octanol–water partition coefficient (Wildman–Crippen LogP) is 3.88. The van der Waals surface area contributed by atoms with Crippen LogP contribution < -0.4 is 0 Å². The average molecular weight is 262 g/mol. The van der Waals surface area contributed by atoms with Crippen molar-refractivity contribution in [1.82, 2.24) is 15.0 Å². The van der Waals surface area contributed by atoms with Crippen molar-refractivity contribution in [3.63, 3.8) is 0 Å². The Hall–Kier alpha value is -3.11. The van der Waals surface area contributed by atoms with Gasteiger partial charge in [-0.1, -0.05) is 52.8 Å². The molecule has 0 fully saturated rings. The lowest BCUT2D eigenvalue weighted by Crippen LogP contribution is -1.98. The minimum absolute atomic E-state index is 0.567. The molecule has 6 nitrogen and oxygen atoms in total. The van der Waals surface area contributed by atoms with E-state index in [1.54, 1.807) is 23.0 Å². The van der Waals surface area contributed by atoms with Crippen molar-refractivity contribution in [2.75, 3.05) is 0 Å². The molecule has 0 N–H and O–H groups in total. The molecule has 0 saturated heterocycles. The zero-order valence-electron chi connectivity index (χ0n) is 10.5. The predicted molar refractivity (Wildman–Crippen MR) is 75.6 cm³/mol. The van der Waals surface area contributed by atoms with E-state index >= 15 is 0 Å². The second-order valence-electron chi connectivity index (χ2n) is 4.10. The molecule has 0 aliphatic rings. The number of aromatic nitrogens is 3. The fraction of sp³-hybridized carbons (Fsp3) is 0. The van der Waals surface area contributed by atoms with Gasteiger partial charge < -0.3 is 0 Å². The van der Waals surface area contributed by atoms with Crippen LogP contribution in [0.1, 0.15) is 0 Å². The van der Waals surface area contributed by atoms with Crippen LogP contribution in [0.2, 0.25) is 0 Å². The van der Waals surface area contributed by atoms with Gasteiger partial charge in [-0.2, -0.15) is 0 Å². The first-order valence-corrected chi connectivity index (χ1v) is 6.00. The van der Waals surface area contributed by atoms with Crippen LogP contribution in [0.3, 0.4) is 0 Å². The number of azide groups is 1. The van der Waals surface area contributed by atoms with E-state index < -0.39 is 0 Å². The number of hydrogen-bond donors (Lipinski definition) is 0. The molecule has 0 saturated carbocycles. The molecule has 0 unspecified atom stereocenters. The minimum atomic E-state index is 0.567. The summed E-state index contributed by atoms with van der Waals surface area (Å²) in [6, 6.07) is 17.1. The Morgan fingerprint density at radius 2 is 1.75 bits per heavy atom. The van der Waals surface area contributed by atoms with Gasteiger partial charge in [-0.3, -0.25) is 0 Å². The zero-order chi connectivity index (χ0) is 13.8. The van der Waals surface area contributed by atoms with Crippen molar-refractivity contribution in [1.29, 1.82) is 0 Å². The Kier molecular flexibility index (Phi) is 3.14. The van der Waals surface area contributed by atoms with Gasteiger partial charge in [0.1, 0.15) is 0 Å². The summed E-state index contributed by atoms with van der Waals surface area (Å²) in [5, 5.41) is 11.6. The number of benzene rings is 2. The first-order chi connectivity index (χ1) is 9.88. The highest BCUT2D eigenvalue weighted by Gasteiger charge is 2.07. The quantitative estimate of drug-likeness (QED) is 0.408. The molecule has 0 aliphatic heterocycles. The smallest absolute Gasteiger partial charge is 0.0944 e. The summed E-state index contributed by atoms with van der Waals surface area (Å²) in [4.78, 5) is 2.75. The normalized spacial score (nSPS) is 10.0. The summed E-state index contributed by atoms with van der Waals surface area (Å²) in [6.07, 6.45) is 1.72. The molecule has 0 spiro atoms. The minimum Gasteiger partial charge on any atom is -0.213 e. The summed E-state index contributed by atoms with van der Waals surface area (Å²) in [5.74, 6) is 0. The van der Waals surface area contributed by atoms with Crippen molar-refractivity contribution < 1.29 is 0 Å². The van der Waals surface area contributed by atoms with E-state index in [4.69, 9.17) is 5.53 Å². The molecule has 6 heteroatoms. The van der Waals surface area contributed by atoms with Crippen molar-refractivity contribution >= 4 is 5.69 Å². The van der Waals surface area contributed by atoms with Crippen molar-refractivity contribution in [3.8, 4) is 16.9 Å². The summed E-state index contributed by atoms with van der Waals surface area (Å²) in [7, 11) is 0. The van der Waals surface area contributed by atoms with Crippen molar-refractivity contribution in [3.05, 3.63) is 71.2 Å². The summed E-state index contributed by atoms with van der Waals surface area (Å²) in [5.41, 5.74) is 11.8. The van der Waals surface area contributed by atoms with Crippen LogP contribution in [0.15, 0.2) is 65.9 Å². The van der Waals surface area contributed by atoms with Gasteiger partial charge in [-0.25, -0.2) is 4.68 Å². The zero-order valence-corrected chi connectivity index (χ0v) is 10.5. The molecule has 0 aliphatic carbocycles. The second kappa shape index (κ2) is 5.26. The van der Waals surface area contributed by atoms with E-state index in [0.29, 0.717) is 5.69 Å². The highest BCUT2D eigenvalue weighted by atomic mass is 15.4. The van der Waals surface area contributed by atoms with E-state index in [2.05, 4.69) is 20.3 Å². The molecule has 3 rings (SSSR count). The van der Waals surface area contributed by atoms with Gasteiger partial charge in [0, 0.05) is 16.2 Å². The lowest BCUT2D eigenvalue weighted by Gasteiger charge is -2.06. The summed E-state index contributed by atoms with van der Waals surface area (Å²) < 4.78 is 1.75. The Labute approximate surface area is 114 Å². The van der Waals surface area contributed by atoms with Gasteiger partial charge in [-0.15, -0.1) is 5.10 Å². The van der Waals surface area contributed by atoms with Gasteiger partial charge in [-0.05, 0) is 17.7 Å². The number of hydrogen-bond acceptors (Lipinski definition) is 3. The average Bonchev–Trinajstić information content (AvgIpc) is 2.99. The molecule has 1 aromatic heterocycles. The van der Waals surface area contributed by atoms with Crippen LogP contribution >= 0.6 is 0 Å². The molecule has 1 heterocycles. The van der Waals surface area contributed by atoms with E-state index in [1.807, 2.05) is 42.5 Å². The molecule has 0 atom stereocenters. The Bertz CT molecular complexity index is 754. The standard InChI is InChI=1S/C14H10N6/c15-18-17-12-6-8-13(9-7-12)20-14(10-16-19-20)11-4-2-1-3-5-11/h1-10H. The fourth-order valence-electron chi connectivity index (χ4n) is 1.94. The van der Waals surface area contributed by atoms with E-state index in [9.17, 15) is 0 Å². The maximum absolute atomic E-state index is 8.40. The molecule has 20 heavy (non-hydrogen) atoms. The largest absolute Gasteiger partial charge is 0.213 e. The molecule has 0 amide bonds. The topological polar surface area (TPSA) is 79.5 Å². The summed E-state index contributed by atoms with van der Waals surface area (Å²) in [6.45, 7) is 0. The molecule has 0 radical (unpaired) electrons. The van der Waals surface area contributed by atoms with Crippen LogP contribution in [0.25, 0.3) is 27.4 Å². The maximum Gasteiger partial charge on any atom is 0.0944 e. The first kappa shape index (κ1) is 12.0. The second-order valence-corrected chi connectivity index (χ2v) is 4.10. The van der Waals surface area contributed by atoms with Gasteiger partial charge >= 0.3 is 0 Å². The van der Waals surface area contributed by atoms with E-state index in [-0.39, 0.29) is 0 Å². The SMILES string of the molecule is [N-]=[N+]=Nc1ccc(-n2nncc2-c2ccccc2)cc1. The molecule has 0 bridgehead atoms. The van der Waals surface area contributed by atoms with Crippen LogP contribution in [0, 0.1) is 0 Å². The lowest BCUT2D eigenvalue weighted by molar-refractivity contribution is 0.808. The number of nitrogens with zero attached hydrogens (tertiary/aromatic N) is 6. The molecular formula is C14H10N6. The third-order valence-corrected chi connectivity index (χ3v) is 2.87. The van der Waals surface area contributed by atoms with E-state index in [1.165, 1.54) is 0 Å². The summed E-state index contributed by atoms with van der Waals surface area (Å²) >= 11 is 0. The van der Waals surface area contributed by atoms with Gasteiger partial charge in [0.15, 0.2) is 0 Å². The highest BCUT2D eigenvalue weighted by molar-refractivity contribution is 5.61. The van der Waals surface area contributed by atoms with Crippen LogP contribution in [0.4, 0.5) is 5.69 Å². The Morgan fingerprint density at radius 1 is 1.00 bits per heavy atom.